The largest absolute Gasteiger partial charge is 0.368 e. The Morgan fingerprint density at radius 1 is 1.15 bits per heavy atom. The summed E-state index contributed by atoms with van der Waals surface area (Å²) in [5.41, 5.74) is 3.00. The summed E-state index contributed by atoms with van der Waals surface area (Å²) in [5.74, 6) is 0. The SMILES string of the molecule is CC1Cc2ccccc2N1CCCNC1CCCCC1. The number of para-hydroxylation sites is 1. The molecule has 2 aliphatic rings. The average Bonchev–Trinajstić information content (AvgIpc) is 2.80. The molecule has 1 aliphatic heterocycles. The topological polar surface area (TPSA) is 15.3 Å². The number of nitrogens with zero attached hydrogens (tertiary/aromatic N) is 1. The van der Waals surface area contributed by atoms with Crippen molar-refractivity contribution >= 4 is 5.69 Å². The Hall–Kier alpha value is -1.02. The van der Waals surface area contributed by atoms with E-state index >= 15 is 0 Å². The highest BCUT2D eigenvalue weighted by atomic mass is 15.2. The summed E-state index contributed by atoms with van der Waals surface area (Å²) >= 11 is 0. The lowest BCUT2D eigenvalue weighted by molar-refractivity contribution is 0.372. The van der Waals surface area contributed by atoms with E-state index in [1.54, 1.807) is 0 Å². The molecule has 1 aliphatic carbocycles. The Labute approximate surface area is 123 Å². The van der Waals surface area contributed by atoms with E-state index in [2.05, 4.69) is 41.4 Å². The molecule has 1 fully saturated rings. The molecular formula is C18H28N2. The standard InChI is InChI=1S/C18H28N2/c1-15-14-16-8-5-6-11-18(16)20(15)13-7-12-19-17-9-3-2-4-10-17/h5-6,8,11,15,17,19H,2-4,7,9-10,12-14H2,1H3. The molecule has 1 aromatic carbocycles. The van der Waals surface area contributed by atoms with Crippen LogP contribution in [0.25, 0.3) is 0 Å². The van der Waals surface area contributed by atoms with Crippen molar-refractivity contribution < 1.29 is 0 Å². The number of rotatable bonds is 5. The lowest BCUT2D eigenvalue weighted by atomic mass is 9.95. The Kier molecular flexibility index (Phi) is 4.62. The molecule has 2 nitrogen and oxygen atoms in total. The van der Waals surface area contributed by atoms with E-state index in [4.69, 9.17) is 0 Å². The van der Waals surface area contributed by atoms with Crippen LogP contribution in [0.2, 0.25) is 0 Å². The van der Waals surface area contributed by atoms with Crippen molar-refractivity contribution in [1.29, 1.82) is 0 Å². The van der Waals surface area contributed by atoms with E-state index in [1.165, 1.54) is 69.3 Å². The maximum absolute atomic E-state index is 3.76. The van der Waals surface area contributed by atoms with Gasteiger partial charge < -0.3 is 10.2 Å². The van der Waals surface area contributed by atoms with Crippen LogP contribution in [0.3, 0.4) is 0 Å². The van der Waals surface area contributed by atoms with Gasteiger partial charge >= 0.3 is 0 Å². The Morgan fingerprint density at radius 2 is 1.95 bits per heavy atom. The molecule has 0 spiro atoms. The summed E-state index contributed by atoms with van der Waals surface area (Å²) in [6.07, 6.45) is 9.55. The fourth-order valence-corrected chi connectivity index (χ4v) is 3.83. The van der Waals surface area contributed by atoms with E-state index < -0.39 is 0 Å². The summed E-state index contributed by atoms with van der Waals surface area (Å²) in [7, 11) is 0. The minimum absolute atomic E-state index is 0.669. The molecular weight excluding hydrogens is 244 g/mol. The van der Waals surface area contributed by atoms with Crippen LogP contribution >= 0.6 is 0 Å². The zero-order valence-electron chi connectivity index (χ0n) is 12.8. The molecule has 1 N–H and O–H groups in total. The molecule has 0 saturated heterocycles. The third kappa shape index (κ3) is 3.17. The number of benzene rings is 1. The first kappa shape index (κ1) is 13.9. The number of anilines is 1. The van der Waals surface area contributed by atoms with E-state index in [1.807, 2.05) is 0 Å². The quantitative estimate of drug-likeness (QED) is 0.821. The number of hydrogen-bond donors (Lipinski definition) is 1. The molecule has 1 atom stereocenters. The first-order valence-corrected chi connectivity index (χ1v) is 8.42. The molecule has 0 radical (unpaired) electrons. The highest BCUT2D eigenvalue weighted by Gasteiger charge is 2.24. The monoisotopic (exact) mass is 272 g/mol. The van der Waals surface area contributed by atoms with Crippen molar-refractivity contribution in [3.63, 3.8) is 0 Å². The van der Waals surface area contributed by atoms with Crippen LogP contribution in [-0.4, -0.2) is 25.2 Å². The van der Waals surface area contributed by atoms with Gasteiger partial charge in [0.1, 0.15) is 0 Å². The summed E-state index contributed by atoms with van der Waals surface area (Å²) in [4.78, 5) is 2.60. The van der Waals surface area contributed by atoms with Gasteiger partial charge in [-0.25, -0.2) is 0 Å². The third-order valence-corrected chi connectivity index (χ3v) is 4.96. The van der Waals surface area contributed by atoms with Crippen LogP contribution < -0.4 is 10.2 Å². The first-order chi connectivity index (χ1) is 9.84. The zero-order chi connectivity index (χ0) is 13.8. The molecule has 0 aromatic heterocycles. The second-order valence-electron chi connectivity index (χ2n) is 6.52. The van der Waals surface area contributed by atoms with E-state index in [0.29, 0.717) is 6.04 Å². The maximum atomic E-state index is 3.76. The summed E-state index contributed by atoms with van der Waals surface area (Å²) in [6.45, 7) is 4.72. The van der Waals surface area contributed by atoms with Crippen LogP contribution in [-0.2, 0) is 6.42 Å². The van der Waals surface area contributed by atoms with Gasteiger partial charge in [-0.3, -0.25) is 0 Å². The van der Waals surface area contributed by atoms with Gasteiger partial charge in [0, 0.05) is 24.3 Å². The van der Waals surface area contributed by atoms with E-state index in [-0.39, 0.29) is 0 Å². The van der Waals surface area contributed by atoms with Crippen molar-refractivity contribution in [2.24, 2.45) is 0 Å². The molecule has 1 aromatic rings. The van der Waals surface area contributed by atoms with Crippen molar-refractivity contribution in [3.05, 3.63) is 29.8 Å². The van der Waals surface area contributed by atoms with Crippen molar-refractivity contribution in [1.82, 2.24) is 5.32 Å². The van der Waals surface area contributed by atoms with E-state index in [9.17, 15) is 0 Å². The Bertz CT molecular complexity index is 423. The molecule has 1 heterocycles. The molecule has 1 saturated carbocycles. The third-order valence-electron chi connectivity index (χ3n) is 4.96. The van der Waals surface area contributed by atoms with Crippen molar-refractivity contribution in [2.75, 3.05) is 18.0 Å². The fourth-order valence-electron chi connectivity index (χ4n) is 3.83. The molecule has 1 unspecified atom stereocenters. The molecule has 3 rings (SSSR count). The van der Waals surface area contributed by atoms with E-state index in [0.717, 1.165) is 6.04 Å². The Morgan fingerprint density at radius 3 is 2.80 bits per heavy atom. The van der Waals surface area contributed by atoms with Gasteiger partial charge in [-0.2, -0.15) is 0 Å². The average molecular weight is 272 g/mol. The zero-order valence-corrected chi connectivity index (χ0v) is 12.8. The second kappa shape index (κ2) is 6.62. The highest BCUT2D eigenvalue weighted by Crippen LogP contribution is 2.31. The minimum atomic E-state index is 0.669. The second-order valence-corrected chi connectivity index (χ2v) is 6.52. The lowest BCUT2D eigenvalue weighted by Crippen LogP contribution is -2.35. The molecule has 110 valence electrons. The van der Waals surface area contributed by atoms with Gasteiger partial charge in [0.05, 0.1) is 0 Å². The van der Waals surface area contributed by atoms with Gasteiger partial charge in [-0.1, -0.05) is 37.5 Å². The summed E-state index contributed by atoms with van der Waals surface area (Å²) in [5, 5.41) is 3.76. The van der Waals surface area contributed by atoms with Crippen molar-refractivity contribution in [2.45, 2.75) is 64.0 Å². The summed E-state index contributed by atoms with van der Waals surface area (Å²) in [6, 6.07) is 10.4. The van der Waals surface area contributed by atoms with Crippen LogP contribution in [0.15, 0.2) is 24.3 Å². The maximum Gasteiger partial charge on any atom is 0.0402 e. The van der Waals surface area contributed by atoms with Gasteiger partial charge in [-0.15, -0.1) is 0 Å². The van der Waals surface area contributed by atoms with Gasteiger partial charge in [0.25, 0.3) is 0 Å². The number of hydrogen-bond acceptors (Lipinski definition) is 2. The molecule has 2 heteroatoms. The predicted molar refractivity (Wildman–Crippen MR) is 86.4 cm³/mol. The predicted octanol–water partition coefficient (Wildman–Crippen LogP) is 3.75. The molecule has 0 bridgehead atoms. The number of fused-ring (bicyclic) bond motifs is 1. The summed E-state index contributed by atoms with van der Waals surface area (Å²) < 4.78 is 0. The van der Waals surface area contributed by atoms with Gasteiger partial charge in [0.2, 0.25) is 0 Å². The van der Waals surface area contributed by atoms with Crippen LogP contribution in [0, 0.1) is 0 Å². The normalized spacial score (nSPS) is 23.1. The molecule has 0 amide bonds. The fraction of sp³-hybridized carbons (Fsp3) is 0.667. The van der Waals surface area contributed by atoms with Crippen molar-refractivity contribution in [3.8, 4) is 0 Å². The minimum Gasteiger partial charge on any atom is -0.368 e. The van der Waals surface area contributed by atoms with Gasteiger partial charge in [0.15, 0.2) is 0 Å². The van der Waals surface area contributed by atoms with Crippen LogP contribution in [0.4, 0.5) is 5.69 Å². The first-order valence-electron chi connectivity index (χ1n) is 8.42. The Balaban J connectivity index is 1.44. The highest BCUT2D eigenvalue weighted by molar-refractivity contribution is 5.59. The molecule has 20 heavy (non-hydrogen) atoms. The number of nitrogens with one attached hydrogen (secondary N) is 1. The smallest absolute Gasteiger partial charge is 0.0402 e. The van der Waals surface area contributed by atoms with Crippen LogP contribution in [0.1, 0.15) is 51.0 Å². The van der Waals surface area contributed by atoms with Crippen LogP contribution in [0.5, 0.6) is 0 Å². The van der Waals surface area contributed by atoms with Gasteiger partial charge in [-0.05, 0) is 50.8 Å². The lowest BCUT2D eigenvalue weighted by Gasteiger charge is -2.26.